The Morgan fingerprint density at radius 2 is 2.31 bits per heavy atom. The van der Waals surface area contributed by atoms with E-state index < -0.39 is 4.92 Å². The van der Waals surface area contributed by atoms with Crippen molar-refractivity contribution in [1.82, 2.24) is 0 Å². The maximum Gasteiger partial charge on any atom is 0.273 e. The molecule has 0 heterocycles. The van der Waals surface area contributed by atoms with Crippen LogP contribution in [0.1, 0.15) is 13.3 Å². The molecule has 0 aliphatic heterocycles. The summed E-state index contributed by atoms with van der Waals surface area (Å²) in [6, 6.07) is 6.26. The van der Waals surface area contributed by atoms with Crippen LogP contribution in [-0.4, -0.2) is 16.9 Å². The van der Waals surface area contributed by atoms with Crippen LogP contribution in [0.5, 0.6) is 5.75 Å². The molecule has 0 saturated carbocycles. The third-order valence-corrected chi connectivity index (χ3v) is 3.23. The second-order valence-electron chi connectivity index (χ2n) is 3.49. The lowest BCUT2D eigenvalue weighted by Crippen LogP contribution is -2.12. The molecule has 16 heavy (non-hydrogen) atoms. The van der Waals surface area contributed by atoms with Crippen molar-refractivity contribution in [3.63, 3.8) is 0 Å². The first-order chi connectivity index (χ1) is 7.67. The van der Waals surface area contributed by atoms with Crippen molar-refractivity contribution in [3.05, 3.63) is 34.4 Å². The molecule has 0 saturated heterocycles. The molecule has 0 fully saturated rings. The number of benzene rings is 1. The van der Waals surface area contributed by atoms with Crippen LogP contribution in [0.2, 0.25) is 0 Å². The van der Waals surface area contributed by atoms with Gasteiger partial charge in [0.25, 0.3) is 5.69 Å². The molecule has 0 aliphatic carbocycles. The minimum atomic E-state index is -0.422. The maximum atomic E-state index is 10.5. The summed E-state index contributed by atoms with van der Waals surface area (Å²) in [6.07, 6.45) is 1.01. The molecule has 5 heteroatoms. The number of alkyl halides is 1. The van der Waals surface area contributed by atoms with Gasteiger partial charge in [-0.2, -0.15) is 0 Å². The fourth-order valence-electron chi connectivity index (χ4n) is 1.17. The number of nitro groups is 1. The van der Waals surface area contributed by atoms with Crippen molar-refractivity contribution in [3.8, 4) is 5.75 Å². The van der Waals surface area contributed by atoms with Gasteiger partial charge in [0.1, 0.15) is 5.75 Å². The second-order valence-corrected chi connectivity index (χ2v) is 4.14. The summed E-state index contributed by atoms with van der Waals surface area (Å²) in [5.74, 6) is 0.980. The summed E-state index contributed by atoms with van der Waals surface area (Å²) < 4.78 is 5.51. The lowest BCUT2D eigenvalue weighted by atomic mass is 10.1. The lowest BCUT2D eigenvalue weighted by molar-refractivity contribution is -0.384. The highest BCUT2D eigenvalue weighted by Crippen LogP contribution is 2.20. The van der Waals surface area contributed by atoms with E-state index in [-0.39, 0.29) is 5.69 Å². The Morgan fingerprint density at radius 1 is 1.56 bits per heavy atom. The van der Waals surface area contributed by atoms with Crippen molar-refractivity contribution in [2.75, 3.05) is 11.9 Å². The molecule has 1 aromatic carbocycles. The Kier molecular flexibility index (Phi) is 5.25. The number of nitro benzene ring substituents is 1. The molecule has 88 valence electrons. The number of hydrogen-bond acceptors (Lipinski definition) is 3. The number of hydrogen-bond donors (Lipinski definition) is 0. The Bertz CT molecular complexity index is 353. The number of non-ortho nitro benzene ring substituents is 1. The van der Waals surface area contributed by atoms with Crippen LogP contribution in [-0.2, 0) is 0 Å². The maximum absolute atomic E-state index is 10.5. The SMILES string of the molecule is CCC(CBr)COc1cccc([N+](=O)[O-])c1. The zero-order valence-corrected chi connectivity index (χ0v) is 10.6. The van der Waals surface area contributed by atoms with Crippen molar-refractivity contribution >= 4 is 21.6 Å². The molecule has 0 bridgehead atoms. The monoisotopic (exact) mass is 287 g/mol. The van der Waals surface area contributed by atoms with Gasteiger partial charge in [-0.25, -0.2) is 0 Å². The third-order valence-electron chi connectivity index (χ3n) is 2.31. The summed E-state index contributed by atoms with van der Waals surface area (Å²) in [6.45, 7) is 2.66. The second kappa shape index (κ2) is 6.48. The third kappa shape index (κ3) is 3.81. The minimum absolute atomic E-state index is 0.0596. The quantitative estimate of drug-likeness (QED) is 0.458. The summed E-state index contributed by atoms with van der Waals surface area (Å²) >= 11 is 3.40. The van der Waals surface area contributed by atoms with Crippen molar-refractivity contribution < 1.29 is 9.66 Å². The van der Waals surface area contributed by atoms with Crippen LogP contribution in [0.4, 0.5) is 5.69 Å². The first-order valence-corrected chi connectivity index (χ1v) is 6.22. The van der Waals surface area contributed by atoms with Gasteiger partial charge >= 0.3 is 0 Å². The van der Waals surface area contributed by atoms with Gasteiger partial charge in [-0.05, 0) is 12.5 Å². The first-order valence-electron chi connectivity index (χ1n) is 5.10. The van der Waals surface area contributed by atoms with Gasteiger partial charge in [0.05, 0.1) is 17.6 Å². The van der Waals surface area contributed by atoms with Crippen LogP contribution in [0.3, 0.4) is 0 Å². The molecule has 1 unspecified atom stereocenters. The number of ether oxygens (including phenoxy) is 1. The van der Waals surface area contributed by atoms with Crippen molar-refractivity contribution in [2.24, 2.45) is 5.92 Å². The van der Waals surface area contributed by atoms with E-state index in [1.165, 1.54) is 12.1 Å². The predicted octanol–water partition coefficient (Wildman–Crippen LogP) is 3.39. The Hall–Kier alpha value is -1.10. The minimum Gasteiger partial charge on any atom is -0.493 e. The summed E-state index contributed by atoms with van der Waals surface area (Å²) in [5.41, 5.74) is 0.0596. The molecule has 1 atom stereocenters. The average Bonchev–Trinajstić information content (AvgIpc) is 2.31. The summed E-state index contributed by atoms with van der Waals surface area (Å²) in [5, 5.41) is 11.4. The lowest BCUT2D eigenvalue weighted by Gasteiger charge is -2.12. The van der Waals surface area contributed by atoms with Crippen molar-refractivity contribution in [2.45, 2.75) is 13.3 Å². The molecule has 0 aliphatic rings. The van der Waals surface area contributed by atoms with E-state index in [2.05, 4.69) is 22.9 Å². The first kappa shape index (κ1) is 13.0. The van der Waals surface area contributed by atoms with E-state index in [0.717, 1.165) is 11.8 Å². The normalized spacial score (nSPS) is 12.1. The van der Waals surface area contributed by atoms with Crippen LogP contribution >= 0.6 is 15.9 Å². The van der Waals surface area contributed by atoms with Gasteiger partial charge < -0.3 is 4.74 Å². The van der Waals surface area contributed by atoms with Crippen LogP contribution in [0.15, 0.2) is 24.3 Å². The molecule has 0 spiro atoms. The highest BCUT2D eigenvalue weighted by molar-refractivity contribution is 9.09. The number of halogens is 1. The van der Waals surface area contributed by atoms with Gasteiger partial charge in [-0.15, -0.1) is 0 Å². The molecule has 1 aromatic rings. The molecular weight excluding hydrogens is 274 g/mol. The zero-order chi connectivity index (χ0) is 12.0. The molecule has 4 nitrogen and oxygen atoms in total. The fraction of sp³-hybridized carbons (Fsp3) is 0.455. The van der Waals surface area contributed by atoms with E-state index in [1.807, 2.05) is 0 Å². The molecule has 0 amide bonds. The standard InChI is InChI=1S/C11H14BrNO3/c1-2-9(7-12)8-16-11-5-3-4-10(6-11)13(14)15/h3-6,9H,2,7-8H2,1H3. The summed E-state index contributed by atoms with van der Waals surface area (Å²) in [4.78, 5) is 10.1. The fourth-order valence-corrected chi connectivity index (χ4v) is 1.82. The highest BCUT2D eigenvalue weighted by atomic mass is 79.9. The molecule has 0 aromatic heterocycles. The number of rotatable bonds is 6. The van der Waals surface area contributed by atoms with Gasteiger partial charge in [0.15, 0.2) is 0 Å². The smallest absolute Gasteiger partial charge is 0.273 e. The largest absolute Gasteiger partial charge is 0.493 e. The van der Waals surface area contributed by atoms with Crippen molar-refractivity contribution in [1.29, 1.82) is 0 Å². The van der Waals surface area contributed by atoms with E-state index in [9.17, 15) is 10.1 Å². The zero-order valence-electron chi connectivity index (χ0n) is 9.06. The van der Waals surface area contributed by atoms with E-state index in [4.69, 9.17) is 4.74 Å². The molecular formula is C11H14BrNO3. The van der Waals surface area contributed by atoms with Gasteiger partial charge in [-0.3, -0.25) is 10.1 Å². The average molecular weight is 288 g/mol. The Morgan fingerprint density at radius 3 is 2.88 bits per heavy atom. The van der Waals surface area contributed by atoms with Gasteiger partial charge in [-0.1, -0.05) is 28.9 Å². The van der Waals surface area contributed by atoms with Crippen LogP contribution in [0, 0.1) is 16.0 Å². The summed E-state index contributed by atoms with van der Waals surface area (Å²) in [7, 11) is 0. The Balaban J connectivity index is 2.60. The van der Waals surface area contributed by atoms with Gasteiger partial charge in [0, 0.05) is 17.3 Å². The van der Waals surface area contributed by atoms with Crippen LogP contribution in [0.25, 0.3) is 0 Å². The number of nitrogens with zero attached hydrogens (tertiary/aromatic N) is 1. The van der Waals surface area contributed by atoms with E-state index >= 15 is 0 Å². The van der Waals surface area contributed by atoms with E-state index in [0.29, 0.717) is 18.3 Å². The Labute approximate surface area is 103 Å². The molecule has 0 radical (unpaired) electrons. The predicted molar refractivity (Wildman–Crippen MR) is 66.2 cm³/mol. The topological polar surface area (TPSA) is 52.4 Å². The van der Waals surface area contributed by atoms with Crippen LogP contribution < -0.4 is 4.74 Å². The molecule has 0 N–H and O–H groups in total. The van der Waals surface area contributed by atoms with Gasteiger partial charge in [0.2, 0.25) is 0 Å². The molecule has 1 rings (SSSR count). The van der Waals surface area contributed by atoms with E-state index in [1.54, 1.807) is 12.1 Å². The highest BCUT2D eigenvalue weighted by Gasteiger charge is 2.08.